The molecule has 1 aliphatic heterocycles. The van der Waals surface area contributed by atoms with Crippen molar-refractivity contribution in [3.05, 3.63) is 29.8 Å². The number of benzene rings is 1. The van der Waals surface area contributed by atoms with E-state index in [1.807, 2.05) is 0 Å². The summed E-state index contributed by atoms with van der Waals surface area (Å²) in [7, 11) is -2.00. The number of nitrogens with one attached hydrogen (secondary N) is 2. The van der Waals surface area contributed by atoms with E-state index in [1.165, 1.54) is 18.9 Å². The van der Waals surface area contributed by atoms with E-state index in [9.17, 15) is 18.0 Å². The molecule has 1 fully saturated rings. The van der Waals surface area contributed by atoms with Crippen molar-refractivity contribution in [2.75, 3.05) is 25.5 Å². The SMILES string of the molecule is CNS(=O)(=O)[C@H]1CCCN(C(=O)Nc2ccc(C(C)=O)cc2)C1. The Morgan fingerprint density at radius 1 is 1.22 bits per heavy atom. The van der Waals surface area contributed by atoms with Gasteiger partial charge in [-0.2, -0.15) is 0 Å². The van der Waals surface area contributed by atoms with E-state index in [2.05, 4.69) is 10.0 Å². The summed E-state index contributed by atoms with van der Waals surface area (Å²) in [4.78, 5) is 25.0. The van der Waals surface area contributed by atoms with Gasteiger partial charge in [-0.15, -0.1) is 0 Å². The smallest absolute Gasteiger partial charge is 0.321 e. The van der Waals surface area contributed by atoms with Gasteiger partial charge in [0.1, 0.15) is 0 Å². The summed E-state index contributed by atoms with van der Waals surface area (Å²) >= 11 is 0. The van der Waals surface area contributed by atoms with Crippen molar-refractivity contribution in [3.8, 4) is 0 Å². The summed E-state index contributed by atoms with van der Waals surface area (Å²) in [6.45, 7) is 2.16. The van der Waals surface area contributed by atoms with Gasteiger partial charge in [-0.3, -0.25) is 4.79 Å². The molecule has 1 heterocycles. The number of ketones is 1. The Morgan fingerprint density at radius 3 is 2.43 bits per heavy atom. The Hall–Kier alpha value is -1.93. The highest BCUT2D eigenvalue weighted by molar-refractivity contribution is 7.90. The third kappa shape index (κ3) is 4.29. The van der Waals surface area contributed by atoms with Crippen LogP contribution in [0.3, 0.4) is 0 Å². The fourth-order valence-corrected chi connectivity index (χ4v) is 3.72. The second-order valence-electron chi connectivity index (χ2n) is 5.52. The van der Waals surface area contributed by atoms with Crippen LogP contribution in [0.25, 0.3) is 0 Å². The Morgan fingerprint density at radius 2 is 1.87 bits per heavy atom. The lowest BCUT2D eigenvalue weighted by molar-refractivity contribution is 0.101. The van der Waals surface area contributed by atoms with Crippen LogP contribution in [-0.2, 0) is 10.0 Å². The van der Waals surface area contributed by atoms with E-state index in [1.54, 1.807) is 24.3 Å². The summed E-state index contributed by atoms with van der Waals surface area (Å²) in [5.74, 6) is -0.0426. The lowest BCUT2D eigenvalue weighted by atomic mass is 10.1. The standard InChI is InChI=1S/C15H21N3O4S/c1-11(19)12-5-7-13(8-6-12)17-15(20)18-9-3-4-14(10-18)23(21,22)16-2/h5-8,14,16H,3-4,9-10H2,1-2H3,(H,17,20)/t14-/m0/s1. The molecule has 8 heteroatoms. The van der Waals surface area contributed by atoms with Crippen molar-refractivity contribution in [3.63, 3.8) is 0 Å². The van der Waals surface area contributed by atoms with Crippen LogP contribution in [-0.4, -0.2) is 50.5 Å². The highest BCUT2D eigenvalue weighted by Gasteiger charge is 2.31. The molecule has 126 valence electrons. The number of rotatable bonds is 4. The normalized spacial score (nSPS) is 18.5. The zero-order chi connectivity index (χ0) is 17.0. The predicted molar refractivity (Wildman–Crippen MR) is 88.0 cm³/mol. The molecule has 2 rings (SSSR count). The fraction of sp³-hybridized carbons (Fsp3) is 0.467. The number of amides is 2. The summed E-state index contributed by atoms with van der Waals surface area (Å²) in [5.41, 5.74) is 1.14. The van der Waals surface area contributed by atoms with Crippen molar-refractivity contribution < 1.29 is 18.0 Å². The maximum Gasteiger partial charge on any atom is 0.321 e. The molecule has 1 aromatic carbocycles. The van der Waals surface area contributed by atoms with E-state index in [4.69, 9.17) is 0 Å². The molecule has 0 saturated carbocycles. The van der Waals surface area contributed by atoms with Gasteiger partial charge in [-0.25, -0.2) is 17.9 Å². The molecule has 2 amide bonds. The van der Waals surface area contributed by atoms with Crippen LogP contribution in [0.15, 0.2) is 24.3 Å². The van der Waals surface area contributed by atoms with Gasteiger partial charge in [-0.1, -0.05) is 0 Å². The van der Waals surface area contributed by atoms with Crippen molar-refractivity contribution in [2.24, 2.45) is 0 Å². The largest absolute Gasteiger partial charge is 0.323 e. The highest BCUT2D eigenvalue weighted by atomic mass is 32.2. The average molecular weight is 339 g/mol. The summed E-state index contributed by atoms with van der Waals surface area (Å²) in [6, 6.07) is 6.25. The first-order valence-electron chi connectivity index (χ1n) is 7.43. The molecule has 1 saturated heterocycles. The molecule has 0 aromatic heterocycles. The number of urea groups is 1. The van der Waals surface area contributed by atoms with E-state index in [0.29, 0.717) is 30.6 Å². The molecule has 2 N–H and O–H groups in total. The van der Waals surface area contributed by atoms with Crippen molar-refractivity contribution in [1.82, 2.24) is 9.62 Å². The first kappa shape index (κ1) is 17.4. The summed E-state index contributed by atoms with van der Waals surface area (Å²) in [6.07, 6.45) is 1.18. The third-order valence-electron chi connectivity index (χ3n) is 3.93. The van der Waals surface area contributed by atoms with Crippen LogP contribution in [0.5, 0.6) is 0 Å². The molecule has 1 atom stereocenters. The van der Waals surface area contributed by atoms with Gasteiger partial charge in [-0.05, 0) is 51.1 Å². The minimum atomic E-state index is -3.38. The van der Waals surface area contributed by atoms with Crippen LogP contribution >= 0.6 is 0 Å². The lowest BCUT2D eigenvalue weighted by Crippen LogP contribution is -2.49. The van der Waals surface area contributed by atoms with Gasteiger partial charge in [0, 0.05) is 24.3 Å². The number of hydrogen-bond donors (Lipinski definition) is 2. The quantitative estimate of drug-likeness (QED) is 0.811. The molecule has 0 unspecified atom stereocenters. The molecule has 23 heavy (non-hydrogen) atoms. The van der Waals surface area contributed by atoms with E-state index >= 15 is 0 Å². The topological polar surface area (TPSA) is 95.6 Å². The molecule has 0 bridgehead atoms. The van der Waals surface area contributed by atoms with Gasteiger partial charge in [0.2, 0.25) is 10.0 Å². The molecule has 7 nitrogen and oxygen atoms in total. The monoisotopic (exact) mass is 339 g/mol. The number of carbonyl (C=O) groups excluding carboxylic acids is 2. The zero-order valence-electron chi connectivity index (χ0n) is 13.2. The average Bonchev–Trinajstić information content (AvgIpc) is 2.55. The summed E-state index contributed by atoms with van der Waals surface area (Å²) < 4.78 is 26.1. The number of nitrogens with zero attached hydrogens (tertiary/aromatic N) is 1. The molecular weight excluding hydrogens is 318 g/mol. The van der Waals surface area contributed by atoms with Crippen LogP contribution in [0.2, 0.25) is 0 Å². The fourth-order valence-electron chi connectivity index (χ4n) is 2.53. The third-order valence-corrected chi connectivity index (χ3v) is 5.76. The number of piperidine rings is 1. The number of hydrogen-bond acceptors (Lipinski definition) is 4. The molecule has 0 aliphatic carbocycles. The number of carbonyl (C=O) groups is 2. The molecule has 0 radical (unpaired) electrons. The molecule has 1 aliphatic rings. The van der Waals surface area contributed by atoms with E-state index in [0.717, 1.165) is 0 Å². The van der Waals surface area contributed by atoms with Crippen LogP contribution < -0.4 is 10.0 Å². The Labute approximate surface area is 136 Å². The second-order valence-corrected chi connectivity index (χ2v) is 7.69. The number of Topliss-reactive ketones (excluding diaryl/α,β-unsaturated/α-hetero) is 1. The van der Waals surface area contributed by atoms with Gasteiger partial charge in [0.15, 0.2) is 5.78 Å². The van der Waals surface area contributed by atoms with Gasteiger partial charge in [0.05, 0.1) is 5.25 Å². The van der Waals surface area contributed by atoms with E-state index in [-0.39, 0.29) is 18.4 Å². The first-order valence-corrected chi connectivity index (χ1v) is 8.97. The van der Waals surface area contributed by atoms with Gasteiger partial charge < -0.3 is 10.2 Å². The van der Waals surface area contributed by atoms with Crippen LogP contribution in [0, 0.1) is 0 Å². The Balaban J connectivity index is 2.01. The van der Waals surface area contributed by atoms with Crippen molar-refractivity contribution >= 4 is 27.5 Å². The number of likely N-dealkylation sites (tertiary alicyclic amines) is 1. The Kier molecular flexibility index (Phi) is 5.38. The molecular formula is C15H21N3O4S. The van der Waals surface area contributed by atoms with Gasteiger partial charge >= 0.3 is 6.03 Å². The van der Waals surface area contributed by atoms with Crippen molar-refractivity contribution in [1.29, 1.82) is 0 Å². The van der Waals surface area contributed by atoms with Crippen LogP contribution in [0.1, 0.15) is 30.1 Å². The maximum atomic E-state index is 12.3. The maximum absolute atomic E-state index is 12.3. The predicted octanol–water partition coefficient (Wildman–Crippen LogP) is 1.43. The number of anilines is 1. The van der Waals surface area contributed by atoms with Crippen molar-refractivity contribution in [2.45, 2.75) is 25.0 Å². The minimum Gasteiger partial charge on any atom is -0.323 e. The van der Waals surface area contributed by atoms with Crippen LogP contribution in [0.4, 0.5) is 10.5 Å². The van der Waals surface area contributed by atoms with E-state index < -0.39 is 15.3 Å². The van der Waals surface area contributed by atoms with Gasteiger partial charge in [0.25, 0.3) is 0 Å². The molecule has 0 spiro atoms. The highest BCUT2D eigenvalue weighted by Crippen LogP contribution is 2.18. The first-order chi connectivity index (χ1) is 10.8. The lowest BCUT2D eigenvalue weighted by Gasteiger charge is -2.32. The minimum absolute atomic E-state index is 0.0426. The Bertz CT molecular complexity index is 685. The molecule has 1 aromatic rings. The summed E-state index contributed by atoms with van der Waals surface area (Å²) in [5, 5.41) is 2.14. The zero-order valence-corrected chi connectivity index (χ0v) is 14.0. The second kappa shape index (κ2) is 7.10. The number of sulfonamides is 1.